The summed E-state index contributed by atoms with van der Waals surface area (Å²) in [6.07, 6.45) is 1.69. The van der Waals surface area contributed by atoms with Gasteiger partial charge in [-0.15, -0.1) is 0 Å². The van der Waals surface area contributed by atoms with E-state index in [2.05, 4.69) is 41.7 Å². The minimum absolute atomic E-state index is 0.00232. The number of carbonyl (C=O) groups is 1. The maximum Gasteiger partial charge on any atom is 0.216 e. The van der Waals surface area contributed by atoms with Crippen LogP contribution in [0.25, 0.3) is 0 Å². The Balaban J connectivity index is 2.16. The lowest BCUT2D eigenvalue weighted by Crippen LogP contribution is -2.22. The fraction of sp³-hybridized carbons (Fsp3) is 0.278. The Hall–Kier alpha value is -2.29. The van der Waals surface area contributed by atoms with E-state index in [0.29, 0.717) is 6.54 Å². The van der Waals surface area contributed by atoms with Gasteiger partial charge in [-0.05, 0) is 41.7 Å². The molecular weight excluding hydrogens is 262 g/mol. The Labute approximate surface area is 126 Å². The first kappa shape index (κ1) is 15.1. The van der Waals surface area contributed by atoms with E-state index in [1.54, 1.807) is 7.11 Å². The lowest BCUT2D eigenvalue weighted by molar-refractivity contribution is -0.118. The van der Waals surface area contributed by atoms with Crippen LogP contribution in [-0.2, 0) is 17.6 Å². The van der Waals surface area contributed by atoms with E-state index in [0.717, 1.165) is 18.6 Å². The third kappa shape index (κ3) is 4.63. The maximum absolute atomic E-state index is 11.0. The minimum atomic E-state index is 0.00232. The molecule has 1 N–H and O–H groups in total. The van der Waals surface area contributed by atoms with E-state index in [-0.39, 0.29) is 5.91 Å². The molecule has 0 aliphatic heterocycles. The summed E-state index contributed by atoms with van der Waals surface area (Å²) in [5.41, 5.74) is 3.77. The van der Waals surface area contributed by atoms with Gasteiger partial charge in [0, 0.05) is 13.5 Å². The smallest absolute Gasteiger partial charge is 0.216 e. The Morgan fingerprint density at radius 1 is 1.10 bits per heavy atom. The van der Waals surface area contributed by atoms with Crippen molar-refractivity contribution in [1.82, 2.24) is 5.32 Å². The summed E-state index contributed by atoms with van der Waals surface area (Å²) in [7, 11) is 1.67. The van der Waals surface area contributed by atoms with Gasteiger partial charge in [-0.3, -0.25) is 4.79 Å². The molecule has 0 aromatic heterocycles. The van der Waals surface area contributed by atoms with Crippen molar-refractivity contribution in [1.29, 1.82) is 0 Å². The van der Waals surface area contributed by atoms with Crippen molar-refractivity contribution >= 4 is 5.91 Å². The fourth-order valence-corrected chi connectivity index (χ4v) is 2.32. The highest BCUT2D eigenvalue weighted by molar-refractivity contribution is 5.72. The Kier molecular flexibility index (Phi) is 5.38. The van der Waals surface area contributed by atoms with Gasteiger partial charge in [-0.2, -0.15) is 0 Å². The Morgan fingerprint density at radius 2 is 1.86 bits per heavy atom. The van der Waals surface area contributed by atoms with Crippen LogP contribution >= 0.6 is 0 Å². The van der Waals surface area contributed by atoms with Crippen molar-refractivity contribution < 1.29 is 9.53 Å². The number of hydrogen-bond donors (Lipinski definition) is 1. The average molecular weight is 283 g/mol. The quantitative estimate of drug-likeness (QED) is 0.885. The fourth-order valence-electron chi connectivity index (χ4n) is 2.32. The molecule has 0 aliphatic rings. The molecule has 21 heavy (non-hydrogen) atoms. The predicted octanol–water partition coefficient (Wildman–Crippen LogP) is 2.96. The zero-order chi connectivity index (χ0) is 15.1. The average Bonchev–Trinajstić information content (AvgIpc) is 2.49. The molecule has 0 atom stereocenters. The van der Waals surface area contributed by atoms with E-state index in [1.807, 2.05) is 12.1 Å². The van der Waals surface area contributed by atoms with E-state index in [4.69, 9.17) is 4.74 Å². The number of nitrogens with one attached hydrogen (secondary N) is 1. The number of ether oxygens (including phenoxy) is 1. The van der Waals surface area contributed by atoms with Crippen LogP contribution in [0.2, 0.25) is 0 Å². The second-order valence-electron chi connectivity index (χ2n) is 5.03. The lowest BCUT2D eigenvalue weighted by Gasteiger charge is -2.12. The van der Waals surface area contributed by atoms with Crippen molar-refractivity contribution in [3.05, 3.63) is 65.2 Å². The Bertz CT molecular complexity index is 593. The van der Waals surface area contributed by atoms with E-state index in [1.165, 1.54) is 23.6 Å². The number of benzene rings is 2. The molecule has 0 aliphatic carbocycles. The molecule has 110 valence electrons. The van der Waals surface area contributed by atoms with Crippen molar-refractivity contribution in [2.24, 2.45) is 0 Å². The van der Waals surface area contributed by atoms with Gasteiger partial charge in [0.15, 0.2) is 0 Å². The van der Waals surface area contributed by atoms with Gasteiger partial charge in [-0.1, -0.05) is 36.4 Å². The number of methoxy groups -OCH3 is 1. The van der Waals surface area contributed by atoms with Gasteiger partial charge in [0.1, 0.15) is 5.75 Å². The minimum Gasteiger partial charge on any atom is -0.497 e. The van der Waals surface area contributed by atoms with Crippen LogP contribution in [-0.4, -0.2) is 19.6 Å². The van der Waals surface area contributed by atoms with Crippen LogP contribution < -0.4 is 10.1 Å². The predicted molar refractivity (Wildman–Crippen MR) is 84.6 cm³/mol. The normalized spacial score (nSPS) is 10.2. The molecule has 2 aromatic carbocycles. The highest BCUT2D eigenvalue weighted by Crippen LogP contribution is 2.21. The van der Waals surface area contributed by atoms with E-state index in [9.17, 15) is 4.79 Å². The second-order valence-corrected chi connectivity index (χ2v) is 5.03. The topological polar surface area (TPSA) is 38.3 Å². The molecule has 0 unspecified atom stereocenters. The lowest BCUT2D eigenvalue weighted by atomic mass is 9.97. The third-order valence-electron chi connectivity index (χ3n) is 3.42. The monoisotopic (exact) mass is 283 g/mol. The molecule has 0 radical (unpaired) electrons. The van der Waals surface area contributed by atoms with Crippen LogP contribution in [0.1, 0.15) is 23.6 Å². The Morgan fingerprint density at radius 3 is 2.52 bits per heavy atom. The molecule has 0 spiro atoms. The molecule has 2 rings (SSSR count). The standard InChI is InChI=1S/C18H21NO2/c1-14(20)19-11-10-17-13-18(21-2)9-8-16(17)12-15-6-4-3-5-7-15/h3-9,13H,10-12H2,1-2H3,(H,19,20). The molecular formula is C18H21NO2. The van der Waals surface area contributed by atoms with E-state index >= 15 is 0 Å². The summed E-state index contributed by atoms with van der Waals surface area (Å²) in [5.74, 6) is 0.854. The zero-order valence-corrected chi connectivity index (χ0v) is 12.6. The first-order chi connectivity index (χ1) is 10.2. The second kappa shape index (κ2) is 7.48. The van der Waals surface area contributed by atoms with Crippen LogP contribution in [0.5, 0.6) is 5.75 Å². The van der Waals surface area contributed by atoms with Gasteiger partial charge in [0.25, 0.3) is 0 Å². The van der Waals surface area contributed by atoms with Gasteiger partial charge < -0.3 is 10.1 Å². The van der Waals surface area contributed by atoms with Gasteiger partial charge in [0.2, 0.25) is 5.91 Å². The summed E-state index contributed by atoms with van der Waals surface area (Å²) >= 11 is 0. The van der Waals surface area contributed by atoms with Crippen molar-refractivity contribution in [2.45, 2.75) is 19.8 Å². The third-order valence-corrected chi connectivity index (χ3v) is 3.42. The molecule has 0 heterocycles. The SMILES string of the molecule is COc1ccc(Cc2ccccc2)c(CCNC(C)=O)c1. The van der Waals surface area contributed by atoms with Gasteiger partial charge in [0.05, 0.1) is 7.11 Å². The van der Waals surface area contributed by atoms with Gasteiger partial charge >= 0.3 is 0 Å². The molecule has 3 heteroatoms. The first-order valence-electron chi connectivity index (χ1n) is 7.13. The summed E-state index contributed by atoms with van der Waals surface area (Å²) in [6, 6.07) is 16.5. The summed E-state index contributed by atoms with van der Waals surface area (Å²) < 4.78 is 5.30. The highest BCUT2D eigenvalue weighted by atomic mass is 16.5. The molecule has 0 bridgehead atoms. The summed E-state index contributed by atoms with van der Waals surface area (Å²) in [5, 5.41) is 2.84. The van der Waals surface area contributed by atoms with E-state index < -0.39 is 0 Å². The molecule has 0 saturated carbocycles. The van der Waals surface area contributed by atoms with Gasteiger partial charge in [-0.25, -0.2) is 0 Å². The van der Waals surface area contributed by atoms with Crippen LogP contribution in [0.3, 0.4) is 0 Å². The number of hydrogen-bond acceptors (Lipinski definition) is 2. The number of rotatable bonds is 6. The molecule has 1 amide bonds. The molecule has 3 nitrogen and oxygen atoms in total. The summed E-state index contributed by atoms with van der Waals surface area (Å²) in [4.78, 5) is 11.0. The van der Waals surface area contributed by atoms with Crippen LogP contribution in [0.15, 0.2) is 48.5 Å². The van der Waals surface area contributed by atoms with Crippen molar-refractivity contribution in [3.8, 4) is 5.75 Å². The largest absolute Gasteiger partial charge is 0.497 e. The molecule has 0 saturated heterocycles. The van der Waals surface area contributed by atoms with Crippen LogP contribution in [0.4, 0.5) is 0 Å². The van der Waals surface area contributed by atoms with Crippen LogP contribution in [0, 0.1) is 0 Å². The molecule has 2 aromatic rings. The molecule has 0 fully saturated rings. The number of amides is 1. The van der Waals surface area contributed by atoms with Crippen molar-refractivity contribution in [2.75, 3.05) is 13.7 Å². The number of carbonyl (C=O) groups excluding carboxylic acids is 1. The maximum atomic E-state index is 11.0. The first-order valence-corrected chi connectivity index (χ1v) is 7.13. The highest BCUT2D eigenvalue weighted by Gasteiger charge is 2.06. The summed E-state index contributed by atoms with van der Waals surface area (Å²) in [6.45, 7) is 2.18. The zero-order valence-electron chi connectivity index (χ0n) is 12.6. The van der Waals surface area contributed by atoms with Crippen molar-refractivity contribution in [3.63, 3.8) is 0 Å².